The first-order chi connectivity index (χ1) is 7.57. The molecule has 16 heavy (non-hydrogen) atoms. The molecule has 1 amide bonds. The van der Waals surface area contributed by atoms with Gasteiger partial charge in [-0.2, -0.15) is 0 Å². The minimum absolute atomic E-state index is 0.309. The lowest BCUT2D eigenvalue weighted by Crippen LogP contribution is -2.41. The first-order valence-corrected chi connectivity index (χ1v) is 4.98. The SMILES string of the molecule is CCC(C(=O)O)N(C)C(=O)c1ccncc1. The van der Waals surface area contributed by atoms with Gasteiger partial charge in [0.1, 0.15) is 6.04 Å². The van der Waals surface area contributed by atoms with Crippen molar-refractivity contribution in [3.8, 4) is 0 Å². The molecule has 0 aromatic carbocycles. The first kappa shape index (κ1) is 12.2. The Morgan fingerprint density at radius 3 is 2.44 bits per heavy atom. The Morgan fingerprint density at radius 2 is 2.00 bits per heavy atom. The van der Waals surface area contributed by atoms with E-state index < -0.39 is 12.0 Å². The van der Waals surface area contributed by atoms with Crippen molar-refractivity contribution in [2.75, 3.05) is 7.05 Å². The molecule has 1 atom stereocenters. The van der Waals surface area contributed by atoms with Crippen molar-refractivity contribution in [1.82, 2.24) is 9.88 Å². The molecule has 0 saturated heterocycles. The Morgan fingerprint density at radius 1 is 1.44 bits per heavy atom. The van der Waals surface area contributed by atoms with Gasteiger partial charge in [0.25, 0.3) is 5.91 Å². The van der Waals surface area contributed by atoms with E-state index >= 15 is 0 Å². The molecule has 0 spiro atoms. The highest BCUT2D eigenvalue weighted by atomic mass is 16.4. The third-order valence-corrected chi connectivity index (χ3v) is 2.39. The molecule has 1 rings (SSSR count). The van der Waals surface area contributed by atoms with Crippen LogP contribution in [0.4, 0.5) is 0 Å². The van der Waals surface area contributed by atoms with E-state index in [4.69, 9.17) is 5.11 Å². The van der Waals surface area contributed by atoms with Crippen molar-refractivity contribution in [2.45, 2.75) is 19.4 Å². The Labute approximate surface area is 93.7 Å². The second-order valence-electron chi connectivity index (χ2n) is 3.41. The zero-order chi connectivity index (χ0) is 12.1. The molecular weight excluding hydrogens is 208 g/mol. The number of carboxylic acid groups (broad SMARTS) is 1. The third kappa shape index (κ3) is 2.56. The van der Waals surface area contributed by atoms with Crippen LogP contribution in [0, 0.1) is 0 Å². The zero-order valence-corrected chi connectivity index (χ0v) is 9.25. The summed E-state index contributed by atoms with van der Waals surface area (Å²) in [6, 6.07) is 2.33. The fraction of sp³-hybridized carbons (Fsp3) is 0.364. The Balaban J connectivity index is 2.86. The fourth-order valence-corrected chi connectivity index (χ4v) is 1.45. The van der Waals surface area contributed by atoms with E-state index in [1.54, 1.807) is 19.1 Å². The number of carboxylic acids is 1. The Kier molecular flexibility index (Phi) is 3.99. The van der Waals surface area contributed by atoms with Gasteiger partial charge in [0.2, 0.25) is 0 Å². The topological polar surface area (TPSA) is 70.5 Å². The number of nitrogens with zero attached hydrogens (tertiary/aromatic N) is 2. The van der Waals surface area contributed by atoms with E-state index in [0.29, 0.717) is 12.0 Å². The number of likely N-dealkylation sites (N-methyl/N-ethyl adjacent to an activating group) is 1. The van der Waals surface area contributed by atoms with Gasteiger partial charge in [-0.3, -0.25) is 9.78 Å². The number of hydrogen-bond donors (Lipinski definition) is 1. The van der Waals surface area contributed by atoms with E-state index in [1.807, 2.05) is 0 Å². The molecule has 0 radical (unpaired) electrons. The fourth-order valence-electron chi connectivity index (χ4n) is 1.45. The van der Waals surface area contributed by atoms with Crippen molar-refractivity contribution in [3.63, 3.8) is 0 Å². The molecule has 0 bridgehead atoms. The molecular formula is C11H14N2O3. The van der Waals surface area contributed by atoms with Gasteiger partial charge in [-0.15, -0.1) is 0 Å². The summed E-state index contributed by atoms with van der Waals surface area (Å²) in [6.07, 6.45) is 3.38. The molecule has 5 nitrogen and oxygen atoms in total. The van der Waals surface area contributed by atoms with Crippen LogP contribution < -0.4 is 0 Å². The number of rotatable bonds is 4. The second-order valence-corrected chi connectivity index (χ2v) is 3.41. The number of carbonyl (C=O) groups excluding carboxylic acids is 1. The van der Waals surface area contributed by atoms with E-state index in [1.165, 1.54) is 24.3 Å². The maximum atomic E-state index is 11.9. The number of hydrogen-bond acceptors (Lipinski definition) is 3. The quantitative estimate of drug-likeness (QED) is 0.825. The monoisotopic (exact) mass is 222 g/mol. The summed E-state index contributed by atoms with van der Waals surface area (Å²) in [5.41, 5.74) is 0.442. The van der Waals surface area contributed by atoms with E-state index in [2.05, 4.69) is 4.98 Å². The van der Waals surface area contributed by atoms with Gasteiger partial charge in [-0.25, -0.2) is 4.79 Å². The number of amides is 1. The molecule has 1 heterocycles. The average Bonchev–Trinajstić information content (AvgIpc) is 2.29. The van der Waals surface area contributed by atoms with Crippen molar-refractivity contribution in [1.29, 1.82) is 0 Å². The normalized spacial score (nSPS) is 11.9. The molecule has 1 aromatic rings. The van der Waals surface area contributed by atoms with Crippen LogP contribution in [0.5, 0.6) is 0 Å². The molecule has 0 aliphatic carbocycles. The standard InChI is InChI=1S/C11H14N2O3/c1-3-9(11(15)16)13(2)10(14)8-4-6-12-7-5-8/h4-7,9H,3H2,1-2H3,(H,15,16). The molecule has 5 heteroatoms. The molecule has 0 aliphatic rings. The highest BCUT2D eigenvalue weighted by Gasteiger charge is 2.25. The number of aliphatic carboxylic acids is 1. The molecule has 0 aliphatic heterocycles. The van der Waals surface area contributed by atoms with Gasteiger partial charge in [-0.05, 0) is 18.6 Å². The summed E-state index contributed by atoms with van der Waals surface area (Å²) in [5.74, 6) is -1.30. The lowest BCUT2D eigenvalue weighted by atomic mass is 10.1. The minimum Gasteiger partial charge on any atom is -0.480 e. The molecule has 0 saturated carbocycles. The number of carbonyl (C=O) groups is 2. The van der Waals surface area contributed by atoms with Crippen molar-refractivity contribution < 1.29 is 14.7 Å². The highest BCUT2D eigenvalue weighted by molar-refractivity contribution is 5.96. The van der Waals surface area contributed by atoms with Gasteiger partial charge in [0.15, 0.2) is 0 Å². The maximum absolute atomic E-state index is 11.9. The van der Waals surface area contributed by atoms with Crippen molar-refractivity contribution >= 4 is 11.9 Å². The van der Waals surface area contributed by atoms with Crippen LogP contribution in [0.2, 0.25) is 0 Å². The smallest absolute Gasteiger partial charge is 0.326 e. The third-order valence-electron chi connectivity index (χ3n) is 2.39. The second kappa shape index (κ2) is 5.25. The molecule has 1 aromatic heterocycles. The van der Waals surface area contributed by atoms with Crippen LogP contribution in [0.15, 0.2) is 24.5 Å². The number of aromatic nitrogens is 1. The van der Waals surface area contributed by atoms with Gasteiger partial charge >= 0.3 is 5.97 Å². The largest absolute Gasteiger partial charge is 0.480 e. The zero-order valence-electron chi connectivity index (χ0n) is 9.25. The molecule has 1 N–H and O–H groups in total. The molecule has 86 valence electrons. The lowest BCUT2D eigenvalue weighted by Gasteiger charge is -2.23. The van der Waals surface area contributed by atoms with Gasteiger partial charge in [-0.1, -0.05) is 6.92 Å². The summed E-state index contributed by atoms with van der Waals surface area (Å²) in [5, 5.41) is 8.93. The average molecular weight is 222 g/mol. The summed E-state index contributed by atoms with van der Waals surface area (Å²) in [6.45, 7) is 1.73. The summed E-state index contributed by atoms with van der Waals surface area (Å²) >= 11 is 0. The van der Waals surface area contributed by atoms with Crippen LogP contribution in [0.1, 0.15) is 23.7 Å². The predicted molar refractivity (Wildman–Crippen MR) is 58.0 cm³/mol. The molecule has 0 fully saturated rings. The van der Waals surface area contributed by atoms with Crippen molar-refractivity contribution in [3.05, 3.63) is 30.1 Å². The van der Waals surface area contributed by atoms with Crippen molar-refractivity contribution in [2.24, 2.45) is 0 Å². The van der Waals surface area contributed by atoms with Crippen LogP contribution >= 0.6 is 0 Å². The van der Waals surface area contributed by atoms with Crippen LogP contribution in [0.3, 0.4) is 0 Å². The van der Waals surface area contributed by atoms with Crippen LogP contribution in [0.25, 0.3) is 0 Å². The summed E-state index contributed by atoms with van der Waals surface area (Å²) < 4.78 is 0. The maximum Gasteiger partial charge on any atom is 0.326 e. The summed E-state index contributed by atoms with van der Waals surface area (Å²) in [4.78, 5) is 27.8. The van der Waals surface area contributed by atoms with Gasteiger partial charge < -0.3 is 10.0 Å². The highest BCUT2D eigenvalue weighted by Crippen LogP contribution is 2.08. The predicted octanol–water partition coefficient (Wildman–Crippen LogP) is 1.02. The Hall–Kier alpha value is -1.91. The minimum atomic E-state index is -0.993. The van der Waals surface area contributed by atoms with E-state index in [0.717, 1.165) is 0 Å². The van der Waals surface area contributed by atoms with Gasteiger partial charge in [0.05, 0.1) is 0 Å². The van der Waals surface area contributed by atoms with E-state index in [-0.39, 0.29) is 5.91 Å². The lowest BCUT2D eigenvalue weighted by molar-refractivity contribution is -0.142. The summed E-state index contributed by atoms with van der Waals surface area (Å²) in [7, 11) is 1.49. The van der Waals surface area contributed by atoms with E-state index in [9.17, 15) is 9.59 Å². The molecule has 1 unspecified atom stereocenters. The Bertz CT molecular complexity index is 378. The van der Waals surface area contributed by atoms with Crippen LogP contribution in [-0.2, 0) is 4.79 Å². The first-order valence-electron chi connectivity index (χ1n) is 4.98. The van der Waals surface area contributed by atoms with Crippen LogP contribution in [-0.4, -0.2) is 40.0 Å². The van der Waals surface area contributed by atoms with Gasteiger partial charge in [0, 0.05) is 25.0 Å². The number of pyridine rings is 1.